The van der Waals surface area contributed by atoms with Crippen molar-refractivity contribution >= 4 is 0 Å². The normalized spacial score (nSPS) is 11.8. The summed E-state index contributed by atoms with van der Waals surface area (Å²) in [5, 5.41) is 7.77. The van der Waals surface area contributed by atoms with Crippen molar-refractivity contribution in [1.82, 2.24) is 20.0 Å². The molecular formula is C9H7F3N4. The van der Waals surface area contributed by atoms with E-state index in [-0.39, 0.29) is 5.82 Å². The number of aryl methyl sites for hydroxylation is 1. The Kier molecular flexibility index (Phi) is 2.37. The van der Waals surface area contributed by atoms with Gasteiger partial charge in [-0.25, -0.2) is 4.98 Å². The standard InChI is InChI=1S/C9H7F3N4/c1-6-4-14-16(15-6)8-3-2-7(5-13-8)9(10,11)12/h2-5H,1H3. The molecule has 0 saturated heterocycles. The molecule has 0 aliphatic rings. The van der Waals surface area contributed by atoms with Gasteiger partial charge >= 0.3 is 6.18 Å². The van der Waals surface area contributed by atoms with Crippen molar-refractivity contribution in [2.75, 3.05) is 0 Å². The Morgan fingerprint density at radius 2 is 1.94 bits per heavy atom. The minimum Gasteiger partial charge on any atom is -0.235 e. The van der Waals surface area contributed by atoms with E-state index in [0.29, 0.717) is 5.69 Å². The van der Waals surface area contributed by atoms with E-state index < -0.39 is 11.7 Å². The first-order valence-corrected chi connectivity index (χ1v) is 4.39. The van der Waals surface area contributed by atoms with Crippen LogP contribution in [0.2, 0.25) is 0 Å². The zero-order valence-electron chi connectivity index (χ0n) is 8.23. The van der Waals surface area contributed by atoms with Gasteiger partial charge in [-0.2, -0.15) is 23.4 Å². The monoisotopic (exact) mass is 228 g/mol. The second kappa shape index (κ2) is 3.58. The molecule has 0 aromatic carbocycles. The van der Waals surface area contributed by atoms with Crippen molar-refractivity contribution in [3.63, 3.8) is 0 Å². The summed E-state index contributed by atoms with van der Waals surface area (Å²) < 4.78 is 36.7. The highest BCUT2D eigenvalue weighted by molar-refractivity contribution is 5.24. The molecule has 84 valence electrons. The van der Waals surface area contributed by atoms with Crippen molar-refractivity contribution in [2.45, 2.75) is 13.1 Å². The molecular weight excluding hydrogens is 221 g/mol. The summed E-state index contributed by atoms with van der Waals surface area (Å²) >= 11 is 0. The summed E-state index contributed by atoms with van der Waals surface area (Å²) in [6.07, 6.45) is -2.12. The molecule has 0 saturated carbocycles. The molecule has 0 atom stereocenters. The average Bonchev–Trinajstić information content (AvgIpc) is 2.64. The molecule has 2 aromatic heterocycles. The number of hydrogen-bond donors (Lipinski definition) is 0. The van der Waals surface area contributed by atoms with E-state index in [2.05, 4.69) is 15.2 Å². The van der Waals surface area contributed by atoms with E-state index in [1.807, 2.05) is 0 Å². The summed E-state index contributed by atoms with van der Waals surface area (Å²) in [6, 6.07) is 2.17. The third-order valence-electron chi connectivity index (χ3n) is 1.89. The first-order chi connectivity index (χ1) is 7.47. The zero-order chi connectivity index (χ0) is 11.8. The molecule has 2 aromatic rings. The highest BCUT2D eigenvalue weighted by atomic mass is 19.4. The Balaban J connectivity index is 2.33. The van der Waals surface area contributed by atoms with Gasteiger partial charge in [0.25, 0.3) is 0 Å². The molecule has 2 rings (SSSR count). The largest absolute Gasteiger partial charge is 0.417 e. The summed E-state index contributed by atoms with van der Waals surface area (Å²) in [6.45, 7) is 1.73. The van der Waals surface area contributed by atoms with E-state index in [9.17, 15) is 13.2 Å². The Labute approximate surface area is 88.7 Å². The van der Waals surface area contributed by atoms with Gasteiger partial charge < -0.3 is 0 Å². The molecule has 0 aliphatic heterocycles. The van der Waals surface area contributed by atoms with Crippen LogP contribution in [0.1, 0.15) is 11.3 Å². The highest BCUT2D eigenvalue weighted by Crippen LogP contribution is 2.28. The predicted octanol–water partition coefficient (Wildman–Crippen LogP) is 1.99. The third-order valence-corrected chi connectivity index (χ3v) is 1.89. The minimum absolute atomic E-state index is 0.251. The van der Waals surface area contributed by atoms with Crippen molar-refractivity contribution in [2.24, 2.45) is 0 Å². The van der Waals surface area contributed by atoms with Gasteiger partial charge in [0.05, 0.1) is 17.5 Å². The first kappa shape index (κ1) is 10.6. The molecule has 2 heterocycles. The fraction of sp³-hybridized carbons (Fsp3) is 0.222. The number of aromatic nitrogens is 4. The summed E-state index contributed by atoms with van der Waals surface area (Å²) in [7, 11) is 0. The molecule has 4 nitrogen and oxygen atoms in total. The number of pyridine rings is 1. The third kappa shape index (κ3) is 2.02. The lowest BCUT2D eigenvalue weighted by Crippen LogP contribution is -2.07. The SMILES string of the molecule is Cc1cnn(-c2ccc(C(F)(F)F)cn2)n1. The number of rotatable bonds is 1. The Hall–Kier alpha value is -1.92. The van der Waals surface area contributed by atoms with Crippen LogP contribution in [-0.2, 0) is 6.18 Å². The van der Waals surface area contributed by atoms with Crippen LogP contribution in [-0.4, -0.2) is 20.0 Å². The first-order valence-electron chi connectivity index (χ1n) is 4.39. The van der Waals surface area contributed by atoms with Gasteiger partial charge in [0, 0.05) is 6.20 Å². The molecule has 16 heavy (non-hydrogen) atoms. The van der Waals surface area contributed by atoms with Gasteiger partial charge in [-0.15, -0.1) is 4.80 Å². The zero-order valence-corrected chi connectivity index (χ0v) is 8.23. The molecule has 0 unspecified atom stereocenters. The number of alkyl halides is 3. The Bertz CT molecular complexity index is 486. The average molecular weight is 228 g/mol. The van der Waals surface area contributed by atoms with Gasteiger partial charge in [0.2, 0.25) is 0 Å². The van der Waals surface area contributed by atoms with Crippen LogP contribution in [0.4, 0.5) is 13.2 Å². The van der Waals surface area contributed by atoms with E-state index >= 15 is 0 Å². The molecule has 0 spiro atoms. The molecule has 0 amide bonds. The lowest BCUT2D eigenvalue weighted by Gasteiger charge is -2.05. The summed E-state index contributed by atoms with van der Waals surface area (Å²) in [4.78, 5) is 4.82. The van der Waals surface area contributed by atoms with Gasteiger partial charge in [-0.3, -0.25) is 0 Å². The molecule has 0 N–H and O–H groups in total. The topological polar surface area (TPSA) is 43.6 Å². The van der Waals surface area contributed by atoms with Gasteiger partial charge in [0.1, 0.15) is 0 Å². The van der Waals surface area contributed by atoms with E-state index in [4.69, 9.17) is 0 Å². The Morgan fingerprint density at radius 3 is 2.38 bits per heavy atom. The predicted molar refractivity (Wildman–Crippen MR) is 48.9 cm³/mol. The van der Waals surface area contributed by atoms with E-state index in [0.717, 1.165) is 12.3 Å². The lowest BCUT2D eigenvalue weighted by molar-refractivity contribution is -0.137. The van der Waals surface area contributed by atoms with Crippen LogP contribution in [0, 0.1) is 6.92 Å². The quantitative estimate of drug-likeness (QED) is 0.749. The van der Waals surface area contributed by atoms with Gasteiger partial charge in [-0.1, -0.05) is 0 Å². The highest BCUT2D eigenvalue weighted by Gasteiger charge is 2.30. The molecule has 7 heteroatoms. The van der Waals surface area contributed by atoms with Crippen LogP contribution in [0.3, 0.4) is 0 Å². The fourth-order valence-electron chi connectivity index (χ4n) is 1.12. The van der Waals surface area contributed by atoms with E-state index in [1.54, 1.807) is 6.92 Å². The maximum Gasteiger partial charge on any atom is 0.417 e. The Morgan fingerprint density at radius 1 is 1.19 bits per heavy atom. The maximum absolute atomic E-state index is 12.2. The van der Waals surface area contributed by atoms with E-state index in [1.165, 1.54) is 17.1 Å². The smallest absolute Gasteiger partial charge is 0.235 e. The minimum atomic E-state index is -4.38. The second-order valence-electron chi connectivity index (χ2n) is 3.18. The number of halogens is 3. The lowest BCUT2D eigenvalue weighted by atomic mass is 10.3. The number of nitrogens with zero attached hydrogens (tertiary/aromatic N) is 4. The van der Waals surface area contributed by atoms with Gasteiger partial charge in [-0.05, 0) is 19.1 Å². The molecule has 0 fully saturated rings. The van der Waals surface area contributed by atoms with Crippen molar-refractivity contribution in [3.05, 3.63) is 35.8 Å². The van der Waals surface area contributed by atoms with Crippen LogP contribution < -0.4 is 0 Å². The van der Waals surface area contributed by atoms with Crippen molar-refractivity contribution in [3.8, 4) is 5.82 Å². The fourth-order valence-corrected chi connectivity index (χ4v) is 1.12. The van der Waals surface area contributed by atoms with Crippen LogP contribution in [0.5, 0.6) is 0 Å². The maximum atomic E-state index is 12.2. The summed E-state index contributed by atoms with van der Waals surface area (Å²) in [5.74, 6) is 0.251. The van der Waals surface area contributed by atoms with Crippen LogP contribution in [0.25, 0.3) is 5.82 Å². The van der Waals surface area contributed by atoms with Crippen molar-refractivity contribution < 1.29 is 13.2 Å². The molecule has 0 radical (unpaired) electrons. The number of hydrogen-bond acceptors (Lipinski definition) is 3. The summed E-state index contributed by atoms with van der Waals surface area (Å²) in [5.41, 5.74) is -0.123. The van der Waals surface area contributed by atoms with Crippen LogP contribution >= 0.6 is 0 Å². The molecule has 0 aliphatic carbocycles. The van der Waals surface area contributed by atoms with Crippen molar-refractivity contribution in [1.29, 1.82) is 0 Å². The van der Waals surface area contributed by atoms with Crippen LogP contribution in [0.15, 0.2) is 24.5 Å². The van der Waals surface area contributed by atoms with Gasteiger partial charge in [0.15, 0.2) is 5.82 Å². The molecule has 0 bridgehead atoms. The second-order valence-corrected chi connectivity index (χ2v) is 3.18.